The van der Waals surface area contributed by atoms with Crippen molar-refractivity contribution >= 4 is 27.4 Å². The third-order valence-corrected chi connectivity index (χ3v) is 0. The number of carbonyl (C=O) groups is 1. The number of methoxy groups -OCH3 is 1. The van der Waals surface area contributed by atoms with Crippen LogP contribution in [0, 0.1) is 0 Å². The van der Waals surface area contributed by atoms with Crippen LogP contribution < -0.4 is 0 Å². The van der Waals surface area contributed by atoms with Crippen LogP contribution in [-0.2, 0) is 19.4 Å². The summed E-state index contributed by atoms with van der Waals surface area (Å²) in [5.74, 6) is 0.167. The molecule has 0 aliphatic rings. The van der Waals surface area contributed by atoms with E-state index in [1.807, 2.05) is 12.5 Å². The van der Waals surface area contributed by atoms with E-state index in [1.165, 1.54) is 20.3 Å². The molecule has 0 amide bonds. The van der Waals surface area contributed by atoms with Gasteiger partial charge in [0.1, 0.15) is 15.6 Å². The van der Waals surface area contributed by atoms with Crippen LogP contribution in [0.25, 0.3) is 0 Å². The van der Waals surface area contributed by atoms with Crippen molar-refractivity contribution in [2.75, 3.05) is 39.2 Å². The molecule has 0 aliphatic carbocycles. The topological polar surface area (TPSA) is 60.4 Å². The molecule has 0 atom stereocenters. The first kappa shape index (κ1) is 36.4. The molecular weight excluding hydrogens is 284 g/mol. The third kappa shape index (κ3) is 929000. The summed E-state index contributed by atoms with van der Waals surface area (Å²) >= 11 is 1.75. The maximum absolute atomic E-state index is 9.63. The summed E-state index contributed by atoms with van der Waals surface area (Å²) in [4.78, 5) is 9.44. The first-order valence-corrected chi connectivity index (χ1v) is 9.33. The van der Waals surface area contributed by atoms with E-state index in [2.05, 4.69) is 18.6 Å². The quantitative estimate of drug-likeness (QED) is 0.683. The lowest BCUT2D eigenvalue weighted by Gasteiger charge is -1.69. The van der Waals surface area contributed by atoms with Gasteiger partial charge in [0.05, 0.1) is 0 Å². The minimum Gasteiger partial charge on any atom is -0.388 e. The Kier molecular flexibility index (Phi) is 69.2. The molecule has 0 N–H and O–H groups in total. The molecule has 0 aliphatic heterocycles. The number of ketones is 1. The van der Waals surface area contributed by atoms with Crippen molar-refractivity contribution in [1.82, 2.24) is 0 Å². The first-order chi connectivity index (χ1) is 7.97. The number of Topliss-reactive ketones (excluding diaryl/α,β-unsaturated/α-hetero) is 1. The Balaban J connectivity index is -0.0000000280. The molecule has 0 rings (SSSR count). The molecule has 0 spiro atoms. The van der Waals surface area contributed by atoms with E-state index in [0.29, 0.717) is 0 Å². The highest BCUT2D eigenvalue weighted by molar-refractivity contribution is 7.97. The van der Waals surface area contributed by atoms with Gasteiger partial charge in [-0.15, -0.1) is 0 Å². The Hall–Kier alpha value is -0.0700. The minimum atomic E-state index is -2.67. The molecule has 4 nitrogen and oxygen atoms in total. The first-order valence-electron chi connectivity index (χ1n) is 5.40. The number of ether oxygens (including phenoxy) is 1. The van der Waals surface area contributed by atoms with Gasteiger partial charge < -0.3 is 9.53 Å². The highest BCUT2D eigenvalue weighted by Crippen LogP contribution is 1.70. The Morgan fingerprint density at radius 1 is 1.05 bits per heavy atom. The van der Waals surface area contributed by atoms with Crippen LogP contribution >= 0.6 is 11.8 Å². The van der Waals surface area contributed by atoms with E-state index in [0.717, 1.165) is 12.5 Å². The molecule has 124 valence electrons. The summed E-state index contributed by atoms with van der Waals surface area (Å²) in [6.07, 6.45) is 7.65. The highest BCUT2D eigenvalue weighted by atomic mass is 32.2. The van der Waals surface area contributed by atoms with Crippen molar-refractivity contribution in [2.45, 2.75) is 41.5 Å². The van der Waals surface area contributed by atoms with Crippen LogP contribution in [0.5, 0.6) is 0 Å². The van der Waals surface area contributed by atoms with Crippen LogP contribution in [0.15, 0.2) is 0 Å². The fraction of sp³-hybridized carbons (Fsp3) is 0.923. The van der Waals surface area contributed by atoms with Gasteiger partial charge in [-0.2, -0.15) is 11.8 Å². The fourth-order valence-corrected chi connectivity index (χ4v) is 0. The second kappa shape index (κ2) is 36.1. The normalized spacial score (nSPS) is 7.26. The van der Waals surface area contributed by atoms with E-state index in [-0.39, 0.29) is 13.2 Å². The maximum atomic E-state index is 9.63. The predicted octanol–water partition coefficient (Wildman–Crippen LogP) is 3.55. The zero-order valence-electron chi connectivity index (χ0n) is 13.7. The molecular formula is C13H36O4S2. The van der Waals surface area contributed by atoms with Gasteiger partial charge in [0.25, 0.3) is 0 Å². The monoisotopic (exact) mass is 320 g/mol. The van der Waals surface area contributed by atoms with Crippen molar-refractivity contribution in [2.24, 2.45) is 0 Å². The van der Waals surface area contributed by atoms with Gasteiger partial charge in [-0.1, -0.05) is 27.7 Å². The van der Waals surface area contributed by atoms with E-state index in [1.54, 1.807) is 26.0 Å². The average Bonchev–Trinajstić information content (AvgIpc) is 2.01. The molecule has 0 unspecified atom stereocenters. The number of rotatable bonds is 0. The summed E-state index contributed by atoms with van der Waals surface area (Å²) in [5.41, 5.74) is 0. The molecule has 6 heteroatoms. The third-order valence-electron chi connectivity index (χ3n) is 0. The van der Waals surface area contributed by atoms with Gasteiger partial charge in [0, 0.05) is 26.7 Å². The number of thioether (sulfide) groups is 1. The lowest BCUT2D eigenvalue weighted by Crippen LogP contribution is -1.86. The summed E-state index contributed by atoms with van der Waals surface area (Å²) in [6, 6.07) is 0. The van der Waals surface area contributed by atoms with Gasteiger partial charge in [0.2, 0.25) is 0 Å². The van der Waals surface area contributed by atoms with E-state index in [4.69, 9.17) is 0 Å². The van der Waals surface area contributed by atoms with E-state index >= 15 is 0 Å². The number of sulfone groups is 1. The molecule has 0 bridgehead atoms. The van der Waals surface area contributed by atoms with Gasteiger partial charge in [-0.25, -0.2) is 8.42 Å². The molecule has 0 aromatic carbocycles. The second-order valence-corrected chi connectivity index (χ2v) is 6.68. The maximum Gasteiger partial charge on any atom is 0.144 e. The standard InChI is InChI=1S/C3H6O.C3H8.C2H6O2S.C2H6O.C2H6S.CH4/c1-3(2)4;1-3-2;1-5(2,3)4;2*1-3-2;/h1-2H3;3H2,1-2H3;1-2H3;2*1-2H3;1H4. The molecule has 0 aromatic rings. The predicted molar refractivity (Wildman–Crippen MR) is 92.2 cm³/mol. The Morgan fingerprint density at radius 3 is 1.05 bits per heavy atom. The molecule has 0 radical (unpaired) electrons. The largest absolute Gasteiger partial charge is 0.388 e. The van der Waals surface area contributed by atoms with Crippen molar-refractivity contribution in [1.29, 1.82) is 0 Å². The molecule has 0 fully saturated rings. The molecule has 0 aromatic heterocycles. The Bertz CT molecular complexity index is 196. The van der Waals surface area contributed by atoms with Crippen LogP contribution in [0.3, 0.4) is 0 Å². The Labute approximate surface area is 126 Å². The van der Waals surface area contributed by atoms with Crippen molar-refractivity contribution in [3.8, 4) is 0 Å². The number of hydrogen-bond acceptors (Lipinski definition) is 5. The smallest absolute Gasteiger partial charge is 0.144 e. The summed E-state index contributed by atoms with van der Waals surface area (Å²) in [5, 5.41) is 0. The lowest BCUT2D eigenvalue weighted by molar-refractivity contribution is -0.114. The second-order valence-electron chi connectivity index (χ2n) is 3.57. The summed E-state index contributed by atoms with van der Waals surface area (Å²) < 4.78 is 23.5. The highest BCUT2D eigenvalue weighted by Gasteiger charge is 1.79. The average molecular weight is 321 g/mol. The summed E-state index contributed by atoms with van der Waals surface area (Å²) in [6.45, 7) is 7.31. The van der Waals surface area contributed by atoms with E-state index in [9.17, 15) is 13.2 Å². The molecule has 0 saturated heterocycles. The van der Waals surface area contributed by atoms with Crippen molar-refractivity contribution in [3.63, 3.8) is 0 Å². The van der Waals surface area contributed by atoms with Gasteiger partial charge in [-0.3, -0.25) is 0 Å². The zero-order valence-corrected chi connectivity index (χ0v) is 15.3. The lowest BCUT2D eigenvalue weighted by atomic mass is 10.6. The van der Waals surface area contributed by atoms with Gasteiger partial charge in [-0.05, 0) is 26.4 Å². The summed E-state index contributed by atoms with van der Waals surface area (Å²) in [7, 11) is 0.583. The zero-order chi connectivity index (χ0) is 16.2. The van der Waals surface area contributed by atoms with Crippen LogP contribution in [0.2, 0.25) is 0 Å². The molecule has 0 heterocycles. The van der Waals surface area contributed by atoms with Crippen LogP contribution in [-0.4, -0.2) is 53.4 Å². The van der Waals surface area contributed by atoms with Gasteiger partial charge >= 0.3 is 0 Å². The van der Waals surface area contributed by atoms with E-state index < -0.39 is 9.84 Å². The van der Waals surface area contributed by atoms with Crippen molar-refractivity contribution in [3.05, 3.63) is 0 Å². The van der Waals surface area contributed by atoms with Crippen LogP contribution in [0.4, 0.5) is 0 Å². The minimum absolute atomic E-state index is 0. The number of carbonyl (C=O) groups excluding carboxylic acids is 1. The SMILES string of the molecule is C.CC(C)=O.CCC.COC.CS(C)(=O)=O.CSC. The fourth-order valence-electron chi connectivity index (χ4n) is 0. The van der Waals surface area contributed by atoms with Crippen LogP contribution in [0.1, 0.15) is 41.5 Å². The molecule has 19 heavy (non-hydrogen) atoms. The Morgan fingerprint density at radius 2 is 1.05 bits per heavy atom. The molecule has 0 saturated carbocycles. The van der Waals surface area contributed by atoms with Crippen molar-refractivity contribution < 1.29 is 17.9 Å². The van der Waals surface area contributed by atoms with Gasteiger partial charge in [0.15, 0.2) is 0 Å². The number of hydrogen-bond donors (Lipinski definition) is 0.